The van der Waals surface area contributed by atoms with Gasteiger partial charge in [0.05, 0.1) is 12.1 Å². The number of anilines is 3. The molecule has 1 aliphatic rings. The summed E-state index contributed by atoms with van der Waals surface area (Å²) in [6, 6.07) is 23.8. The van der Waals surface area contributed by atoms with Crippen molar-refractivity contribution in [1.82, 2.24) is 9.47 Å². The minimum absolute atomic E-state index is 0.0620. The van der Waals surface area contributed by atoms with Crippen molar-refractivity contribution >= 4 is 55.5 Å². The second-order valence-corrected chi connectivity index (χ2v) is 9.96. The normalized spacial score (nSPS) is 14.5. The predicted octanol–water partition coefficient (Wildman–Crippen LogP) is 5.96. The molecular formula is C27H26BrClN4O. The highest BCUT2D eigenvalue weighted by Gasteiger charge is 2.14. The number of pyridine rings is 1. The monoisotopic (exact) mass is 536 g/mol. The number of hydrogen-bond donors (Lipinski definition) is 1. The highest BCUT2D eigenvalue weighted by Crippen LogP contribution is 2.28. The van der Waals surface area contributed by atoms with Gasteiger partial charge in [-0.2, -0.15) is 0 Å². The minimum atomic E-state index is -0.0620. The van der Waals surface area contributed by atoms with E-state index in [9.17, 15) is 4.79 Å². The van der Waals surface area contributed by atoms with Crippen molar-refractivity contribution in [3.63, 3.8) is 0 Å². The van der Waals surface area contributed by atoms with Crippen molar-refractivity contribution < 1.29 is 0 Å². The highest BCUT2D eigenvalue weighted by molar-refractivity contribution is 9.10. The van der Waals surface area contributed by atoms with Gasteiger partial charge in [0.25, 0.3) is 5.56 Å². The van der Waals surface area contributed by atoms with Gasteiger partial charge in [0.1, 0.15) is 0 Å². The van der Waals surface area contributed by atoms with Gasteiger partial charge in [-0.15, -0.1) is 0 Å². The van der Waals surface area contributed by atoms with Crippen molar-refractivity contribution in [3.8, 4) is 0 Å². The van der Waals surface area contributed by atoms with Gasteiger partial charge in [-0.1, -0.05) is 39.7 Å². The third-order valence-electron chi connectivity index (χ3n) is 6.40. The average molecular weight is 538 g/mol. The summed E-state index contributed by atoms with van der Waals surface area (Å²) in [5, 5.41) is 5.12. The Labute approximate surface area is 212 Å². The Balaban J connectivity index is 1.41. The van der Waals surface area contributed by atoms with Crippen molar-refractivity contribution in [2.24, 2.45) is 0 Å². The van der Waals surface area contributed by atoms with Crippen LogP contribution >= 0.6 is 27.5 Å². The predicted molar refractivity (Wildman–Crippen MR) is 146 cm³/mol. The highest BCUT2D eigenvalue weighted by atomic mass is 79.9. The topological polar surface area (TPSA) is 40.5 Å². The summed E-state index contributed by atoms with van der Waals surface area (Å²) in [6.45, 7) is 4.66. The molecule has 174 valence electrons. The third-order valence-corrected chi connectivity index (χ3v) is 7.49. The SMILES string of the molecule is CN1CCN(c2ccc(Nc3ccc4ccc(=O)n(Cc5c(Cl)cccc5Br)c4c3)cc2)CC1. The zero-order chi connectivity index (χ0) is 23.7. The molecule has 1 aromatic heterocycles. The zero-order valence-electron chi connectivity index (χ0n) is 19.0. The molecule has 5 rings (SSSR count). The van der Waals surface area contributed by atoms with Crippen molar-refractivity contribution in [3.05, 3.63) is 98.2 Å². The number of benzene rings is 3. The Hall–Kier alpha value is -2.80. The first-order chi connectivity index (χ1) is 16.5. The lowest BCUT2D eigenvalue weighted by Crippen LogP contribution is -2.44. The summed E-state index contributed by atoms with van der Waals surface area (Å²) < 4.78 is 2.65. The molecule has 34 heavy (non-hydrogen) atoms. The number of rotatable bonds is 5. The fraction of sp³-hybridized carbons (Fsp3) is 0.222. The number of halogens is 2. The molecule has 0 aliphatic carbocycles. The van der Waals surface area contributed by atoms with Gasteiger partial charge < -0.3 is 19.7 Å². The zero-order valence-corrected chi connectivity index (χ0v) is 21.3. The summed E-state index contributed by atoms with van der Waals surface area (Å²) in [6.07, 6.45) is 0. The number of nitrogens with one attached hydrogen (secondary N) is 1. The Morgan fingerprint density at radius 2 is 1.62 bits per heavy atom. The van der Waals surface area contributed by atoms with Gasteiger partial charge in [-0.05, 0) is 67.0 Å². The van der Waals surface area contributed by atoms with Crippen LogP contribution < -0.4 is 15.8 Å². The van der Waals surface area contributed by atoms with Crippen molar-refractivity contribution in [1.29, 1.82) is 0 Å². The maximum absolute atomic E-state index is 12.8. The minimum Gasteiger partial charge on any atom is -0.369 e. The van der Waals surface area contributed by atoms with E-state index in [2.05, 4.69) is 62.4 Å². The molecule has 7 heteroatoms. The van der Waals surface area contributed by atoms with Crippen LogP contribution in [-0.4, -0.2) is 42.7 Å². The van der Waals surface area contributed by atoms with Crippen LogP contribution in [0.25, 0.3) is 10.9 Å². The Kier molecular flexibility index (Phi) is 6.63. The van der Waals surface area contributed by atoms with Crippen molar-refractivity contribution in [2.45, 2.75) is 6.54 Å². The van der Waals surface area contributed by atoms with E-state index in [4.69, 9.17) is 11.6 Å². The second kappa shape index (κ2) is 9.82. The number of likely N-dealkylation sites (N-methyl/N-ethyl adjacent to an activating group) is 1. The molecule has 1 aliphatic heterocycles. The van der Waals surface area contributed by atoms with Crippen LogP contribution in [0.15, 0.2) is 82.1 Å². The first-order valence-electron chi connectivity index (χ1n) is 11.3. The molecule has 0 saturated carbocycles. The van der Waals surface area contributed by atoms with E-state index in [1.54, 1.807) is 10.6 Å². The van der Waals surface area contributed by atoms with Crippen LogP contribution in [-0.2, 0) is 6.54 Å². The molecule has 1 saturated heterocycles. The molecule has 1 N–H and O–H groups in total. The molecule has 0 bridgehead atoms. The number of piperazine rings is 1. The number of nitrogens with zero attached hydrogens (tertiary/aromatic N) is 3. The van der Waals surface area contributed by atoms with E-state index in [0.29, 0.717) is 11.6 Å². The molecule has 0 spiro atoms. The van der Waals surface area contributed by atoms with E-state index >= 15 is 0 Å². The Morgan fingerprint density at radius 1 is 0.912 bits per heavy atom. The first-order valence-corrected chi connectivity index (χ1v) is 12.5. The molecule has 2 heterocycles. The molecule has 0 amide bonds. The Morgan fingerprint density at radius 3 is 2.35 bits per heavy atom. The molecule has 0 atom stereocenters. The lowest BCUT2D eigenvalue weighted by molar-refractivity contribution is 0.313. The maximum atomic E-state index is 12.8. The van der Waals surface area contributed by atoms with Gasteiger partial charge in [0, 0.05) is 64.4 Å². The van der Waals surface area contributed by atoms with Crippen LogP contribution in [0.4, 0.5) is 17.1 Å². The van der Waals surface area contributed by atoms with Gasteiger partial charge in [-0.3, -0.25) is 4.79 Å². The maximum Gasteiger partial charge on any atom is 0.251 e. The summed E-state index contributed by atoms with van der Waals surface area (Å²) in [7, 11) is 2.17. The standard InChI is InChI=1S/C27H26BrClN4O/c1-31-13-15-32(16-14-31)22-10-8-20(9-11-22)30-21-7-5-19-6-12-27(34)33(26(19)17-21)18-23-24(28)3-2-4-25(23)29/h2-12,17,30H,13-16,18H2,1H3. The molecule has 0 unspecified atom stereocenters. The van der Waals surface area contributed by atoms with E-state index in [0.717, 1.165) is 58.5 Å². The number of aromatic nitrogens is 1. The molecule has 5 nitrogen and oxygen atoms in total. The van der Waals surface area contributed by atoms with E-state index < -0.39 is 0 Å². The lowest BCUT2D eigenvalue weighted by Gasteiger charge is -2.34. The van der Waals surface area contributed by atoms with Crippen LogP contribution in [0.1, 0.15) is 5.56 Å². The van der Waals surface area contributed by atoms with E-state index in [-0.39, 0.29) is 5.56 Å². The second-order valence-electron chi connectivity index (χ2n) is 8.69. The summed E-state index contributed by atoms with van der Waals surface area (Å²) in [5.74, 6) is 0. The number of fused-ring (bicyclic) bond motifs is 1. The molecule has 3 aromatic carbocycles. The van der Waals surface area contributed by atoms with Crippen LogP contribution in [0.5, 0.6) is 0 Å². The third kappa shape index (κ3) is 4.85. The summed E-state index contributed by atoms with van der Waals surface area (Å²) >= 11 is 10.0. The fourth-order valence-corrected chi connectivity index (χ4v) is 5.20. The van der Waals surface area contributed by atoms with Crippen LogP contribution in [0.3, 0.4) is 0 Å². The van der Waals surface area contributed by atoms with Crippen LogP contribution in [0.2, 0.25) is 5.02 Å². The van der Waals surface area contributed by atoms with Gasteiger partial charge >= 0.3 is 0 Å². The lowest BCUT2D eigenvalue weighted by atomic mass is 10.1. The summed E-state index contributed by atoms with van der Waals surface area (Å²) in [4.78, 5) is 17.6. The first kappa shape index (κ1) is 23.0. The van der Waals surface area contributed by atoms with Gasteiger partial charge in [0.2, 0.25) is 0 Å². The summed E-state index contributed by atoms with van der Waals surface area (Å²) in [5.41, 5.74) is 4.87. The number of hydrogen-bond acceptors (Lipinski definition) is 4. The molecule has 4 aromatic rings. The van der Waals surface area contributed by atoms with Gasteiger partial charge in [-0.25, -0.2) is 0 Å². The smallest absolute Gasteiger partial charge is 0.251 e. The largest absolute Gasteiger partial charge is 0.369 e. The molecular weight excluding hydrogens is 512 g/mol. The fourth-order valence-electron chi connectivity index (χ4n) is 4.36. The van der Waals surface area contributed by atoms with E-state index in [1.165, 1.54) is 5.69 Å². The van der Waals surface area contributed by atoms with Gasteiger partial charge in [0.15, 0.2) is 0 Å². The Bertz CT molecular complexity index is 1360. The van der Waals surface area contributed by atoms with Crippen molar-refractivity contribution in [2.75, 3.05) is 43.4 Å². The van der Waals surface area contributed by atoms with Crippen LogP contribution in [0, 0.1) is 0 Å². The average Bonchev–Trinajstić information content (AvgIpc) is 2.84. The molecule has 0 radical (unpaired) electrons. The quantitative estimate of drug-likeness (QED) is 0.341. The molecule has 1 fully saturated rings. The van der Waals surface area contributed by atoms with E-state index in [1.807, 2.05) is 42.5 Å².